The molecule has 0 aromatic heterocycles. The van der Waals surface area contributed by atoms with Crippen LogP contribution in [-0.4, -0.2) is 36.7 Å². The number of esters is 1. The fraction of sp³-hybridized carbons (Fsp3) is 0.333. The smallest absolute Gasteiger partial charge is 0.355 e. The zero-order valence-corrected chi connectivity index (χ0v) is 12.4. The zero-order chi connectivity index (χ0) is 16.4. The van der Waals surface area contributed by atoms with Crippen molar-refractivity contribution in [1.82, 2.24) is 0 Å². The van der Waals surface area contributed by atoms with E-state index in [2.05, 4.69) is 20.5 Å². The monoisotopic (exact) mass is 317 g/mol. The summed E-state index contributed by atoms with van der Waals surface area (Å²) in [5, 5.41) is 9.06. The van der Waals surface area contributed by atoms with E-state index in [0.29, 0.717) is 18.5 Å². The minimum absolute atomic E-state index is 0.0128. The number of ether oxygens (including phenoxy) is 1. The van der Waals surface area contributed by atoms with Crippen LogP contribution in [0.1, 0.15) is 18.4 Å². The van der Waals surface area contributed by atoms with Gasteiger partial charge in [0.25, 0.3) is 5.91 Å². The summed E-state index contributed by atoms with van der Waals surface area (Å²) >= 11 is 0. The van der Waals surface area contributed by atoms with Crippen molar-refractivity contribution in [3.8, 4) is 0 Å². The molecule has 0 saturated heterocycles. The molecule has 1 atom stereocenters. The maximum absolute atomic E-state index is 12.2. The summed E-state index contributed by atoms with van der Waals surface area (Å²) in [6, 6.07) is 5.25. The van der Waals surface area contributed by atoms with E-state index in [-0.39, 0.29) is 18.0 Å². The number of methoxy groups -OCH3 is 1. The highest BCUT2D eigenvalue weighted by Gasteiger charge is 2.32. The van der Waals surface area contributed by atoms with Crippen LogP contribution in [0.4, 0.5) is 11.4 Å². The number of carbonyl (C=O) groups is 3. The molecule has 23 heavy (non-hydrogen) atoms. The van der Waals surface area contributed by atoms with Gasteiger partial charge in [0.1, 0.15) is 0 Å². The van der Waals surface area contributed by atoms with Crippen LogP contribution >= 0.6 is 0 Å². The largest absolute Gasteiger partial charge is 0.464 e. The third-order valence-electron chi connectivity index (χ3n) is 3.65. The van der Waals surface area contributed by atoms with Crippen molar-refractivity contribution in [2.24, 2.45) is 5.16 Å². The number of nitrogens with one attached hydrogen (secondary N) is 2. The Hall–Kier alpha value is -2.90. The summed E-state index contributed by atoms with van der Waals surface area (Å²) in [6.07, 6.45) is 0.256. The molecule has 0 bridgehead atoms. The number of fused-ring (bicyclic) bond motifs is 1. The van der Waals surface area contributed by atoms with Crippen LogP contribution in [0.3, 0.4) is 0 Å². The quantitative estimate of drug-likeness (QED) is 0.803. The van der Waals surface area contributed by atoms with Crippen LogP contribution in [0.25, 0.3) is 0 Å². The molecule has 0 radical (unpaired) electrons. The lowest BCUT2D eigenvalue weighted by molar-refractivity contribution is -0.132. The molecular formula is C15H15N3O5. The second-order valence-electron chi connectivity index (χ2n) is 5.24. The Morgan fingerprint density at radius 1 is 1.39 bits per heavy atom. The van der Waals surface area contributed by atoms with E-state index in [0.717, 1.165) is 11.3 Å². The van der Waals surface area contributed by atoms with E-state index in [1.807, 2.05) is 6.07 Å². The van der Waals surface area contributed by atoms with Gasteiger partial charge in [-0.2, -0.15) is 0 Å². The number of hydrogen-bond donors (Lipinski definition) is 2. The highest BCUT2D eigenvalue weighted by Crippen LogP contribution is 2.26. The number of carbonyl (C=O) groups excluding carboxylic acids is 3. The fourth-order valence-electron chi connectivity index (χ4n) is 2.44. The summed E-state index contributed by atoms with van der Waals surface area (Å²) in [5.74, 6) is -1.02. The van der Waals surface area contributed by atoms with E-state index in [1.165, 1.54) is 7.11 Å². The van der Waals surface area contributed by atoms with Gasteiger partial charge >= 0.3 is 5.97 Å². The third kappa shape index (κ3) is 3.15. The molecule has 3 rings (SSSR count). The molecule has 8 nitrogen and oxygen atoms in total. The Morgan fingerprint density at radius 3 is 3.00 bits per heavy atom. The van der Waals surface area contributed by atoms with E-state index >= 15 is 0 Å². The Balaban J connectivity index is 1.63. The molecule has 0 spiro atoms. The molecule has 0 aliphatic carbocycles. The first-order valence-electron chi connectivity index (χ1n) is 7.11. The minimum Gasteiger partial charge on any atom is -0.464 e. The van der Waals surface area contributed by atoms with Crippen molar-refractivity contribution in [1.29, 1.82) is 0 Å². The second kappa shape index (κ2) is 6.07. The predicted octanol–water partition coefficient (Wildman–Crippen LogP) is 0.828. The van der Waals surface area contributed by atoms with Crippen molar-refractivity contribution < 1.29 is 24.0 Å². The highest BCUT2D eigenvalue weighted by molar-refractivity contribution is 6.37. The number of benzene rings is 1. The van der Waals surface area contributed by atoms with E-state index in [9.17, 15) is 14.4 Å². The Morgan fingerprint density at radius 2 is 2.22 bits per heavy atom. The van der Waals surface area contributed by atoms with Gasteiger partial charge in [-0.15, -0.1) is 0 Å². The van der Waals surface area contributed by atoms with Crippen LogP contribution < -0.4 is 10.6 Å². The molecule has 2 N–H and O–H groups in total. The fourth-order valence-corrected chi connectivity index (χ4v) is 2.44. The number of amides is 2. The lowest BCUT2D eigenvalue weighted by Crippen LogP contribution is -2.29. The number of aryl methyl sites for hydroxylation is 1. The summed E-state index contributed by atoms with van der Waals surface area (Å²) in [6.45, 7) is 0. The molecule has 2 amide bonds. The van der Waals surface area contributed by atoms with Crippen molar-refractivity contribution >= 4 is 34.9 Å². The molecule has 2 aliphatic heterocycles. The molecule has 120 valence electrons. The molecule has 2 heterocycles. The Kier molecular flexibility index (Phi) is 3.96. The molecule has 0 saturated carbocycles. The van der Waals surface area contributed by atoms with Gasteiger partial charge in [-0.3, -0.25) is 9.59 Å². The summed E-state index contributed by atoms with van der Waals surface area (Å²) in [7, 11) is 1.24. The normalized spacial score (nSPS) is 19.1. The van der Waals surface area contributed by atoms with Gasteiger partial charge in [0.2, 0.25) is 12.0 Å². The van der Waals surface area contributed by atoms with E-state index in [1.54, 1.807) is 12.1 Å². The van der Waals surface area contributed by atoms with Crippen LogP contribution in [0, 0.1) is 0 Å². The Bertz CT molecular complexity index is 713. The van der Waals surface area contributed by atoms with E-state index < -0.39 is 18.0 Å². The lowest BCUT2D eigenvalue weighted by Gasteiger charge is -2.18. The van der Waals surface area contributed by atoms with E-state index in [4.69, 9.17) is 4.84 Å². The molecule has 1 aromatic carbocycles. The van der Waals surface area contributed by atoms with Crippen molar-refractivity contribution in [2.45, 2.75) is 25.4 Å². The average Bonchev–Trinajstić information content (AvgIpc) is 3.04. The van der Waals surface area contributed by atoms with Crippen LogP contribution in [0.2, 0.25) is 0 Å². The third-order valence-corrected chi connectivity index (χ3v) is 3.65. The van der Waals surface area contributed by atoms with Gasteiger partial charge in [0.15, 0.2) is 5.71 Å². The van der Waals surface area contributed by atoms with Gasteiger partial charge in [0.05, 0.1) is 7.11 Å². The summed E-state index contributed by atoms with van der Waals surface area (Å²) in [5.41, 5.74) is 2.40. The molecule has 8 heteroatoms. The molecule has 1 unspecified atom stereocenters. The maximum Gasteiger partial charge on any atom is 0.355 e. The topological polar surface area (TPSA) is 106 Å². The van der Waals surface area contributed by atoms with Gasteiger partial charge in [-0.05, 0) is 30.2 Å². The maximum atomic E-state index is 12.2. The summed E-state index contributed by atoms with van der Waals surface area (Å²) in [4.78, 5) is 39.8. The lowest BCUT2D eigenvalue weighted by atomic mass is 10.0. The van der Waals surface area contributed by atoms with Gasteiger partial charge in [-0.1, -0.05) is 5.16 Å². The zero-order valence-electron chi connectivity index (χ0n) is 12.4. The van der Waals surface area contributed by atoms with Gasteiger partial charge in [-0.25, -0.2) is 4.79 Å². The van der Waals surface area contributed by atoms with Gasteiger partial charge in [0, 0.05) is 24.2 Å². The molecule has 0 fully saturated rings. The first kappa shape index (κ1) is 15.0. The second-order valence-corrected chi connectivity index (χ2v) is 5.24. The first-order valence-corrected chi connectivity index (χ1v) is 7.11. The van der Waals surface area contributed by atoms with Crippen molar-refractivity contribution in [3.05, 3.63) is 23.8 Å². The highest BCUT2D eigenvalue weighted by atomic mass is 16.7. The summed E-state index contributed by atoms with van der Waals surface area (Å²) < 4.78 is 4.54. The molecular weight excluding hydrogens is 302 g/mol. The number of anilines is 2. The Labute approximate surface area is 131 Å². The average molecular weight is 317 g/mol. The first-order chi connectivity index (χ1) is 11.1. The van der Waals surface area contributed by atoms with Crippen LogP contribution in [0.15, 0.2) is 23.4 Å². The van der Waals surface area contributed by atoms with Crippen LogP contribution in [-0.2, 0) is 30.4 Å². The van der Waals surface area contributed by atoms with Crippen molar-refractivity contribution in [2.75, 3.05) is 17.7 Å². The number of rotatable bonds is 3. The molecule has 2 aliphatic rings. The predicted molar refractivity (Wildman–Crippen MR) is 81.0 cm³/mol. The van der Waals surface area contributed by atoms with Gasteiger partial charge < -0.3 is 20.2 Å². The number of oxime groups is 1. The SMILES string of the molecule is COC(=O)C1=NOC(C(=O)Nc2ccc3c(c2)CCC(=O)N3)C1. The van der Waals surface area contributed by atoms with Crippen LogP contribution in [0.5, 0.6) is 0 Å². The standard InChI is InChI=1S/C15H15N3O5/c1-22-15(21)11-7-12(23-18-11)14(20)16-9-3-4-10-8(6-9)2-5-13(19)17-10/h3-4,6,12H,2,5,7H2,1H3,(H,16,20)(H,17,19). The molecule has 1 aromatic rings. The minimum atomic E-state index is -0.861. The number of hydrogen-bond acceptors (Lipinski definition) is 6. The van der Waals surface area contributed by atoms with Crippen molar-refractivity contribution in [3.63, 3.8) is 0 Å². The number of nitrogens with zero attached hydrogens (tertiary/aromatic N) is 1.